The molecule has 0 radical (unpaired) electrons. The number of Topliss-reactive ketones (excluding diaryl/α,β-unsaturated/α-hetero) is 1. The summed E-state index contributed by atoms with van der Waals surface area (Å²) in [6.45, 7) is 3.98. The van der Waals surface area contributed by atoms with Gasteiger partial charge in [0.25, 0.3) is 5.91 Å². The zero-order valence-corrected chi connectivity index (χ0v) is 20.1. The number of hydrogen-bond acceptors (Lipinski definition) is 7. The Morgan fingerprint density at radius 3 is 2.65 bits per heavy atom. The number of nitrogens with one attached hydrogen (secondary N) is 3. The van der Waals surface area contributed by atoms with Crippen molar-refractivity contribution in [1.82, 2.24) is 20.5 Å². The molecular weight excluding hydrogens is 460 g/mol. The maximum Gasteiger partial charge on any atom is 0.289 e. The standard InChI is InChI=1S/C23H30N4O6S/c1-15(2)13-20(27-34(31,32)18-8-4-3-5-9-18)22(29)25-19-11-10-16-14-17(33-26-16)7-6-12-24-23(30)21(19)28/h3-5,8-9,14-15,19-20,27H,6-7,10-13H2,1-2H3,(H,24,30)(H,25,29). The minimum atomic E-state index is -3.97. The fourth-order valence-electron chi connectivity index (χ4n) is 3.67. The molecule has 2 atom stereocenters. The van der Waals surface area contributed by atoms with Gasteiger partial charge >= 0.3 is 0 Å². The molecule has 1 aromatic carbocycles. The molecule has 0 fully saturated rings. The Morgan fingerprint density at radius 2 is 1.94 bits per heavy atom. The van der Waals surface area contributed by atoms with Crippen molar-refractivity contribution >= 4 is 27.6 Å². The van der Waals surface area contributed by atoms with Crippen LogP contribution in [-0.2, 0) is 37.2 Å². The minimum Gasteiger partial charge on any atom is -0.361 e. The van der Waals surface area contributed by atoms with Crippen LogP contribution in [0.25, 0.3) is 0 Å². The molecule has 3 N–H and O–H groups in total. The van der Waals surface area contributed by atoms with E-state index in [1.807, 2.05) is 13.8 Å². The average molecular weight is 491 g/mol. The van der Waals surface area contributed by atoms with Gasteiger partial charge in [-0.25, -0.2) is 8.42 Å². The third-order valence-corrected chi connectivity index (χ3v) is 6.90. The van der Waals surface area contributed by atoms with E-state index in [4.69, 9.17) is 4.52 Å². The fraction of sp³-hybridized carbons (Fsp3) is 0.478. The first-order valence-electron chi connectivity index (χ1n) is 11.3. The third-order valence-electron chi connectivity index (χ3n) is 5.41. The summed E-state index contributed by atoms with van der Waals surface area (Å²) in [5.74, 6) is -1.58. The van der Waals surface area contributed by atoms with Crippen LogP contribution in [0.15, 0.2) is 45.8 Å². The van der Waals surface area contributed by atoms with E-state index in [0.29, 0.717) is 30.7 Å². The van der Waals surface area contributed by atoms with Gasteiger partial charge in [0.2, 0.25) is 21.7 Å². The molecule has 0 saturated heterocycles. The Balaban J connectivity index is 1.79. The fourth-order valence-corrected chi connectivity index (χ4v) is 4.90. The molecule has 11 heteroatoms. The number of carbonyl (C=O) groups is 3. The molecule has 1 aromatic heterocycles. The Bertz CT molecular complexity index is 1110. The summed E-state index contributed by atoms with van der Waals surface area (Å²) < 4.78 is 33.4. The van der Waals surface area contributed by atoms with Crippen LogP contribution in [0, 0.1) is 5.92 Å². The van der Waals surface area contributed by atoms with Crippen LogP contribution in [0.3, 0.4) is 0 Å². The van der Waals surface area contributed by atoms with Crippen molar-refractivity contribution in [3.05, 3.63) is 47.9 Å². The Morgan fingerprint density at radius 1 is 1.21 bits per heavy atom. The van der Waals surface area contributed by atoms with E-state index in [9.17, 15) is 22.8 Å². The zero-order valence-electron chi connectivity index (χ0n) is 19.2. The Labute approximate surface area is 198 Å². The molecule has 3 rings (SSSR count). The van der Waals surface area contributed by atoms with Gasteiger partial charge in [0.1, 0.15) is 11.8 Å². The number of aromatic nitrogens is 1. The highest BCUT2D eigenvalue weighted by molar-refractivity contribution is 7.89. The van der Waals surface area contributed by atoms with Gasteiger partial charge in [-0.2, -0.15) is 4.72 Å². The summed E-state index contributed by atoms with van der Waals surface area (Å²) in [5, 5.41) is 9.14. The number of ketones is 1. The van der Waals surface area contributed by atoms with Crippen molar-refractivity contribution in [2.24, 2.45) is 5.92 Å². The lowest BCUT2D eigenvalue weighted by atomic mass is 10.0. The Kier molecular flexibility index (Phi) is 8.56. The molecule has 0 aliphatic carbocycles. The van der Waals surface area contributed by atoms with Gasteiger partial charge in [-0.3, -0.25) is 14.4 Å². The van der Waals surface area contributed by atoms with E-state index in [1.165, 1.54) is 12.1 Å². The summed E-state index contributed by atoms with van der Waals surface area (Å²) in [5.41, 5.74) is 0.617. The van der Waals surface area contributed by atoms with E-state index in [1.54, 1.807) is 24.3 Å². The highest BCUT2D eigenvalue weighted by Crippen LogP contribution is 2.14. The first-order chi connectivity index (χ1) is 16.2. The van der Waals surface area contributed by atoms with Crippen LogP contribution in [0.2, 0.25) is 0 Å². The van der Waals surface area contributed by atoms with E-state index < -0.39 is 39.7 Å². The van der Waals surface area contributed by atoms with Gasteiger partial charge in [-0.05, 0) is 43.7 Å². The topological polar surface area (TPSA) is 147 Å². The quantitative estimate of drug-likeness (QED) is 0.493. The van der Waals surface area contributed by atoms with Gasteiger partial charge in [0.05, 0.1) is 16.6 Å². The second kappa shape index (κ2) is 11.4. The number of carbonyl (C=O) groups excluding carboxylic acids is 3. The van der Waals surface area contributed by atoms with Gasteiger partial charge in [-0.1, -0.05) is 37.2 Å². The molecule has 10 nitrogen and oxygen atoms in total. The largest absolute Gasteiger partial charge is 0.361 e. The zero-order chi connectivity index (χ0) is 24.7. The molecule has 184 valence electrons. The molecule has 1 aliphatic rings. The van der Waals surface area contributed by atoms with Crippen LogP contribution >= 0.6 is 0 Å². The van der Waals surface area contributed by atoms with Crippen molar-refractivity contribution in [2.75, 3.05) is 6.54 Å². The van der Waals surface area contributed by atoms with Crippen molar-refractivity contribution in [3.8, 4) is 0 Å². The monoisotopic (exact) mass is 490 g/mol. The van der Waals surface area contributed by atoms with Crippen LogP contribution < -0.4 is 15.4 Å². The Hall–Kier alpha value is -3.05. The molecule has 2 unspecified atom stereocenters. The number of benzene rings is 1. The number of aryl methyl sites for hydroxylation is 2. The number of nitrogens with zero attached hydrogens (tertiary/aromatic N) is 1. The second-order valence-corrected chi connectivity index (χ2v) is 10.4. The van der Waals surface area contributed by atoms with E-state index in [2.05, 4.69) is 20.5 Å². The molecular formula is C23H30N4O6S. The van der Waals surface area contributed by atoms with E-state index >= 15 is 0 Å². The highest BCUT2D eigenvalue weighted by Gasteiger charge is 2.32. The van der Waals surface area contributed by atoms with Crippen molar-refractivity contribution in [3.63, 3.8) is 0 Å². The van der Waals surface area contributed by atoms with Crippen LogP contribution in [0.4, 0.5) is 0 Å². The molecule has 2 aromatic rings. The van der Waals surface area contributed by atoms with E-state index in [-0.39, 0.29) is 30.2 Å². The number of hydrogen-bond donors (Lipinski definition) is 3. The van der Waals surface area contributed by atoms with Crippen LogP contribution in [0.5, 0.6) is 0 Å². The third kappa shape index (κ3) is 6.97. The predicted octanol–water partition coefficient (Wildman–Crippen LogP) is 1.12. The first kappa shape index (κ1) is 25.6. The summed E-state index contributed by atoms with van der Waals surface area (Å²) in [4.78, 5) is 38.3. The summed E-state index contributed by atoms with van der Waals surface area (Å²) in [6.07, 6.45) is 1.78. The molecule has 2 bridgehead atoms. The molecule has 34 heavy (non-hydrogen) atoms. The summed E-state index contributed by atoms with van der Waals surface area (Å²) in [7, 11) is -3.97. The molecule has 0 spiro atoms. The number of sulfonamides is 1. The second-order valence-electron chi connectivity index (χ2n) is 8.72. The molecule has 0 saturated carbocycles. The number of fused-ring (bicyclic) bond motifs is 2. The number of rotatable bonds is 7. The van der Waals surface area contributed by atoms with Crippen molar-refractivity contribution in [1.29, 1.82) is 0 Å². The molecule has 1 aliphatic heterocycles. The van der Waals surface area contributed by atoms with Crippen molar-refractivity contribution in [2.45, 2.75) is 62.9 Å². The lowest BCUT2D eigenvalue weighted by molar-refractivity contribution is -0.140. The molecule has 2 amide bonds. The summed E-state index contributed by atoms with van der Waals surface area (Å²) >= 11 is 0. The summed E-state index contributed by atoms with van der Waals surface area (Å²) in [6, 6.07) is 7.26. The van der Waals surface area contributed by atoms with Crippen LogP contribution in [0.1, 0.15) is 44.6 Å². The maximum atomic E-state index is 13.2. The van der Waals surface area contributed by atoms with Crippen LogP contribution in [-0.4, -0.2) is 49.8 Å². The van der Waals surface area contributed by atoms with Crippen molar-refractivity contribution < 1.29 is 27.3 Å². The first-order valence-corrected chi connectivity index (χ1v) is 12.8. The van der Waals surface area contributed by atoms with Gasteiger partial charge in [0, 0.05) is 19.0 Å². The van der Waals surface area contributed by atoms with Gasteiger partial charge in [-0.15, -0.1) is 0 Å². The minimum absolute atomic E-state index is 0.0157. The molecule has 2 heterocycles. The normalized spacial score (nSPS) is 18.5. The van der Waals surface area contributed by atoms with E-state index in [0.717, 1.165) is 0 Å². The number of amides is 2. The predicted molar refractivity (Wildman–Crippen MR) is 123 cm³/mol. The maximum absolute atomic E-state index is 13.2. The highest BCUT2D eigenvalue weighted by atomic mass is 32.2. The lowest BCUT2D eigenvalue weighted by Gasteiger charge is -2.23. The van der Waals surface area contributed by atoms with Gasteiger partial charge < -0.3 is 15.2 Å². The van der Waals surface area contributed by atoms with Gasteiger partial charge in [0.15, 0.2) is 0 Å². The lowest BCUT2D eigenvalue weighted by Crippen LogP contribution is -2.54. The smallest absolute Gasteiger partial charge is 0.289 e. The average Bonchev–Trinajstić information content (AvgIpc) is 3.25. The SMILES string of the molecule is CC(C)CC(NS(=O)(=O)c1ccccc1)C(=O)NC1CCc2cc(on2)CCCNC(=O)C1=O.